The maximum Gasteiger partial charge on any atom is 0.328 e. The average molecular weight is 266 g/mol. The lowest BCUT2D eigenvalue weighted by molar-refractivity contribution is -0.133. The number of aromatic nitrogens is 2. The molecule has 0 aromatic carbocycles. The first-order valence-electron chi connectivity index (χ1n) is 6.29. The molecule has 7 nitrogen and oxygen atoms in total. The minimum Gasteiger partial charge on any atom is -0.338 e. The first kappa shape index (κ1) is 13.5. The predicted molar refractivity (Wildman–Crippen MR) is 70.0 cm³/mol. The Morgan fingerprint density at radius 3 is 2.53 bits per heavy atom. The summed E-state index contributed by atoms with van der Waals surface area (Å²) >= 11 is 0. The van der Waals surface area contributed by atoms with Gasteiger partial charge in [0.25, 0.3) is 5.56 Å². The zero-order chi connectivity index (χ0) is 14.0. The lowest BCUT2D eigenvalue weighted by Gasteiger charge is -2.36. The van der Waals surface area contributed by atoms with E-state index in [1.54, 1.807) is 4.90 Å². The van der Waals surface area contributed by atoms with E-state index in [9.17, 15) is 14.4 Å². The highest BCUT2D eigenvalue weighted by molar-refractivity contribution is 5.76. The molecule has 1 saturated heterocycles. The number of hydrogen-bond donors (Lipinski definition) is 2. The van der Waals surface area contributed by atoms with Crippen molar-refractivity contribution in [1.82, 2.24) is 19.8 Å². The minimum absolute atomic E-state index is 0.0466. The molecule has 1 aliphatic heterocycles. The van der Waals surface area contributed by atoms with Crippen LogP contribution in [-0.2, 0) is 11.3 Å². The highest BCUT2D eigenvalue weighted by Crippen LogP contribution is 2.04. The van der Waals surface area contributed by atoms with Gasteiger partial charge < -0.3 is 10.2 Å². The second-order valence-corrected chi connectivity index (χ2v) is 5.01. The molecule has 0 bridgehead atoms. The van der Waals surface area contributed by atoms with Gasteiger partial charge in [0.1, 0.15) is 6.54 Å². The summed E-state index contributed by atoms with van der Waals surface area (Å²) < 4.78 is 1.21. The maximum atomic E-state index is 12.1. The molecule has 0 unspecified atom stereocenters. The molecule has 2 N–H and O–H groups in total. The van der Waals surface area contributed by atoms with Crippen molar-refractivity contribution >= 4 is 5.91 Å². The summed E-state index contributed by atoms with van der Waals surface area (Å²) in [6.45, 7) is 5.24. The van der Waals surface area contributed by atoms with Crippen molar-refractivity contribution in [2.75, 3.05) is 13.1 Å². The summed E-state index contributed by atoms with van der Waals surface area (Å²) in [6, 6.07) is 1.71. The smallest absolute Gasteiger partial charge is 0.328 e. The molecule has 1 aromatic rings. The molecule has 0 saturated carbocycles. The van der Waals surface area contributed by atoms with Crippen molar-refractivity contribution in [3.8, 4) is 0 Å². The Hall–Kier alpha value is -1.89. The highest BCUT2D eigenvalue weighted by Gasteiger charge is 2.24. The normalized spacial score (nSPS) is 23.4. The lowest BCUT2D eigenvalue weighted by atomic mass is 10.1. The Morgan fingerprint density at radius 2 is 1.95 bits per heavy atom. The predicted octanol–water partition coefficient (Wildman–Crippen LogP) is -1.25. The van der Waals surface area contributed by atoms with Crippen molar-refractivity contribution in [3.63, 3.8) is 0 Å². The number of nitrogens with zero attached hydrogens (tertiary/aromatic N) is 2. The van der Waals surface area contributed by atoms with Crippen LogP contribution < -0.4 is 16.6 Å². The molecule has 1 aliphatic rings. The molecule has 1 amide bonds. The van der Waals surface area contributed by atoms with E-state index in [-0.39, 0.29) is 24.5 Å². The van der Waals surface area contributed by atoms with Crippen LogP contribution in [0.25, 0.3) is 0 Å². The molecule has 104 valence electrons. The van der Waals surface area contributed by atoms with Crippen LogP contribution in [-0.4, -0.2) is 45.5 Å². The molecule has 2 atom stereocenters. The van der Waals surface area contributed by atoms with E-state index in [4.69, 9.17) is 0 Å². The van der Waals surface area contributed by atoms with Gasteiger partial charge in [-0.3, -0.25) is 19.1 Å². The SMILES string of the molecule is C[C@@H]1CN(C(=O)Cn2ccc(=O)[nH]c2=O)C[C@H](C)N1. The van der Waals surface area contributed by atoms with Crippen molar-refractivity contribution in [3.05, 3.63) is 33.1 Å². The van der Waals surface area contributed by atoms with Crippen LogP contribution in [0.5, 0.6) is 0 Å². The quantitative estimate of drug-likeness (QED) is 0.700. The third kappa shape index (κ3) is 3.31. The van der Waals surface area contributed by atoms with E-state index in [0.717, 1.165) is 0 Å². The number of aromatic amines is 1. The van der Waals surface area contributed by atoms with E-state index in [1.165, 1.54) is 16.8 Å². The summed E-state index contributed by atoms with van der Waals surface area (Å²) in [5.74, 6) is -0.116. The first-order chi connectivity index (χ1) is 8.95. The zero-order valence-electron chi connectivity index (χ0n) is 11.0. The van der Waals surface area contributed by atoms with E-state index in [0.29, 0.717) is 13.1 Å². The number of hydrogen-bond acceptors (Lipinski definition) is 4. The van der Waals surface area contributed by atoms with Gasteiger partial charge in [-0.1, -0.05) is 0 Å². The van der Waals surface area contributed by atoms with E-state index in [1.807, 2.05) is 13.8 Å². The number of carbonyl (C=O) groups is 1. The van der Waals surface area contributed by atoms with Gasteiger partial charge in [0.15, 0.2) is 0 Å². The summed E-state index contributed by atoms with van der Waals surface area (Å²) in [5, 5.41) is 3.34. The van der Waals surface area contributed by atoms with Crippen LogP contribution >= 0.6 is 0 Å². The van der Waals surface area contributed by atoms with Gasteiger partial charge in [0, 0.05) is 37.4 Å². The summed E-state index contributed by atoms with van der Waals surface area (Å²) in [4.78, 5) is 38.5. The molecule has 0 spiro atoms. The van der Waals surface area contributed by atoms with Gasteiger partial charge in [-0.2, -0.15) is 0 Å². The molecule has 7 heteroatoms. The number of amides is 1. The van der Waals surface area contributed by atoms with E-state index >= 15 is 0 Å². The Bertz CT molecular complexity index is 567. The van der Waals surface area contributed by atoms with Crippen LogP contribution in [0, 0.1) is 0 Å². The Balaban J connectivity index is 2.08. The second kappa shape index (κ2) is 5.40. The summed E-state index contributed by atoms with van der Waals surface area (Å²) in [5.41, 5.74) is -1.02. The van der Waals surface area contributed by atoms with Crippen LogP contribution in [0.4, 0.5) is 0 Å². The zero-order valence-corrected chi connectivity index (χ0v) is 11.0. The van der Waals surface area contributed by atoms with Gasteiger partial charge in [-0.05, 0) is 13.8 Å². The van der Waals surface area contributed by atoms with Gasteiger partial charge >= 0.3 is 5.69 Å². The fourth-order valence-electron chi connectivity index (χ4n) is 2.34. The van der Waals surface area contributed by atoms with Crippen LogP contribution in [0.2, 0.25) is 0 Å². The fourth-order valence-corrected chi connectivity index (χ4v) is 2.34. The highest BCUT2D eigenvalue weighted by atomic mass is 16.2. The van der Waals surface area contributed by atoms with Crippen molar-refractivity contribution in [2.24, 2.45) is 0 Å². The largest absolute Gasteiger partial charge is 0.338 e. The van der Waals surface area contributed by atoms with Gasteiger partial charge in [0.2, 0.25) is 5.91 Å². The molecule has 2 heterocycles. The monoisotopic (exact) mass is 266 g/mol. The average Bonchev–Trinajstić information content (AvgIpc) is 2.31. The fraction of sp³-hybridized carbons (Fsp3) is 0.583. The molecule has 19 heavy (non-hydrogen) atoms. The topological polar surface area (TPSA) is 87.2 Å². The van der Waals surface area contributed by atoms with Gasteiger partial charge in [-0.15, -0.1) is 0 Å². The Morgan fingerprint density at radius 1 is 1.32 bits per heavy atom. The standard InChI is InChI=1S/C12H18N4O3/c1-8-5-16(6-9(2)13-8)11(18)7-15-4-3-10(17)14-12(15)19/h3-4,8-9,13H,5-7H2,1-2H3,(H,14,17,19)/t8-,9+. The van der Waals surface area contributed by atoms with E-state index < -0.39 is 11.2 Å². The third-order valence-electron chi connectivity index (χ3n) is 3.11. The second-order valence-electron chi connectivity index (χ2n) is 5.01. The number of piperazine rings is 1. The third-order valence-corrected chi connectivity index (χ3v) is 3.11. The number of nitrogens with one attached hydrogen (secondary N) is 2. The minimum atomic E-state index is -0.558. The molecule has 0 radical (unpaired) electrons. The van der Waals surface area contributed by atoms with Crippen molar-refractivity contribution < 1.29 is 4.79 Å². The number of carbonyl (C=O) groups excluding carboxylic acids is 1. The Kier molecular flexibility index (Phi) is 3.84. The molecule has 1 aromatic heterocycles. The molecule has 1 fully saturated rings. The Labute approximate surface area is 110 Å². The van der Waals surface area contributed by atoms with Crippen LogP contribution in [0.1, 0.15) is 13.8 Å². The van der Waals surface area contributed by atoms with Crippen molar-refractivity contribution in [1.29, 1.82) is 0 Å². The van der Waals surface area contributed by atoms with Crippen LogP contribution in [0.15, 0.2) is 21.9 Å². The molecule has 2 rings (SSSR count). The lowest BCUT2D eigenvalue weighted by Crippen LogP contribution is -2.56. The first-order valence-corrected chi connectivity index (χ1v) is 6.29. The summed E-state index contributed by atoms with van der Waals surface area (Å²) in [6.07, 6.45) is 1.34. The van der Waals surface area contributed by atoms with Gasteiger partial charge in [-0.25, -0.2) is 4.79 Å². The molecular weight excluding hydrogens is 248 g/mol. The molecular formula is C12H18N4O3. The van der Waals surface area contributed by atoms with E-state index in [2.05, 4.69) is 10.3 Å². The number of rotatable bonds is 2. The number of H-pyrrole nitrogens is 1. The summed E-state index contributed by atoms with van der Waals surface area (Å²) in [7, 11) is 0. The van der Waals surface area contributed by atoms with Gasteiger partial charge in [0.05, 0.1) is 0 Å². The molecule has 0 aliphatic carbocycles. The van der Waals surface area contributed by atoms with Crippen molar-refractivity contribution in [2.45, 2.75) is 32.5 Å². The van der Waals surface area contributed by atoms with Crippen LogP contribution in [0.3, 0.4) is 0 Å². The maximum absolute atomic E-state index is 12.1.